The summed E-state index contributed by atoms with van der Waals surface area (Å²) >= 11 is 0. The molecule has 1 N–H and O–H groups in total. The van der Waals surface area contributed by atoms with Gasteiger partial charge in [-0.1, -0.05) is 62.9 Å². The van der Waals surface area contributed by atoms with E-state index in [1.54, 1.807) is 0 Å². The van der Waals surface area contributed by atoms with E-state index < -0.39 is 0 Å². The highest BCUT2D eigenvalue weighted by molar-refractivity contribution is 5.40. The average Bonchev–Trinajstić information content (AvgIpc) is 2.68. The molecule has 1 nitrogen and oxygen atoms in total. The second kappa shape index (κ2) is 6.19. The number of aliphatic hydroxyl groups is 1. The number of benzene rings is 1. The number of allylic oxidation sites excluding steroid dienone is 1. The maximum Gasteiger partial charge on any atom is 0.0829 e. The van der Waals surface area contributed by atoms with E-state index in [0.29, 0.717) is 11.8 Å². The molecule has 0 aliphatic heterocycles. The summed E-state index contributed by atoms with van der Waals surface area (Å²) in [6.07, 6.45) is 7.87. The molecule has 1 aliphatic rings. The minimum atomic E-state index is -0.300. The van der Waals surface area contributed by atoms with Crippen LogP contribution in [-0.4, -0.2) is 5.11 Å². The SMILES string of the molecule is C=C[C@@H]1c2ccccc2[C@H](O)[C@H]1CCCCCC. The molecule has 3 atom stereocenters. The topological polar surface area (TPSA) is 20.2 Å². The minimum absolute atomic E-state index is 0.300. The van der Waals surface area contributed by atoms with Gasteiger partial charge in [-0.2, -0.15) is 0 Å². The summed E-state index contributed by atoms with van der Waals surface area (Å²) in [5, 5.41) is 10.5. The molecular weight excluding hydrogens is 220 g/mol. The van der Waals surface area contributed by atoms with E-state index in [0.717, 1.165) is 12.0 Å². The van der Waals surface area contributed by atoms with E-state index in [9.17, 15) is 5.11 Å². The highest BCUT2D eigenvalue weighted by Crippen LogP contribution is 2.47. The molecule has 1 aromatic carbocycles. The van der Waals surface area contributed by atoms with Gasteiger partial charge in [-0.3, -0.25) is 0 Å². The van der Waals surface area contributed by atoms with Crippen molar-refractivity contribution in [3.05, 3.63) is 48.0 Å². The van der Waals surface area contributed by atoms with E-state index in [2.05, 4.69) is 31.7 Å². The summed E-state index contributed by atoms with van der Waals surface area (Å²) in [5.41, 5.74) is 2.39. The Bertz CT molecular complexity index is 396. The van der Waals surface area contributed by atoms with Gasteiger partial charge in [0.1, 0.15) is 0 Å². The molecule has 0 saturated heterocycles. The normalized spacial score (nSPS) is 26.0. The first-order chi connectivity index (χ1) is 8.79. The smallest absolute Gasteiger partial charge is 0.0829 e. The van der Waals surface area contributed by atoms with Gasteiger partial charge in [0.2, 0.25) is 0 Å². The number of hydrogen-bond acceptors (Lipinski definition) is 1. The van der Waals surface area contributed by atoms with Crippen LogP contribution >= 0.6 is 0 Å². The van der Waals surface area contributed by atoms with Gasteiger partial charge in [0.05, 0.1) is 6.10 Å². The van der Waals surface area contributed by atoms with Crippen molar-refractivity contribution < 1.29 is 5.11 Å². The van der Waals surface area contributed by atoms with Gasteiger partial charge in [-0.15, -0.1) is 6.58 Å². The van der Waals surface area contributed by atoms with Crippen molar-refractivity contribution in [2.24, 2.45) is 5.92 Å². The van der Waals surface area contributed by atoms with E-state index in [-0.39, 0.29) is 6.10 Å². The fourth-order valence-electron chi connectivity index (χ4n) is 3.19. The van der Waals surface area contributed by atoms with Crippen LogP contribution in [0.3, 0.4) is 0 Å². The zero-order valence-corrected chi connectivity index (χ0v) is 11.3. The van der Waals surface area contributed by atoms with Crippen molar-refractivity contribution >= 4 is 0 Å². The first-order valence-corrected chi connectivity index (χ1v) is 7.19. The summed E-state index contributed by atoms with van der Waals surface area (Å²) in [4.78, 5) is 0. The van der Waals surface area contributed by atoms with Crippen LogP contribution in [0, 0.1) is 5.92 Å². The number of unbranched alkanes of at least 4 members (excludes halogenated alkanes) is 3. The van der Waals surface area contributed by atoms with Crippen LogP contribution in [0.4, 0.5) is 0 Å². The van der Waals surface area contributed by atoms with Gasteiger partial charge in [0.25, 0.3) is 0 Å². The summed E-state index contributed by atoms with van der Waals surface area (Å²) in [5.74, 6) is 0.662. The van der Waals surface area contributed by atoms with Gasteiger partial charge < -0.3 is 5.11 Å². The van der Waals surface area contributed by atoms with Gasteiger partial charge in [-0.05, 0) is 23.5 Å². The molecule has 1 aromatic rings. The van der Waals surface area contributed by atoms with Crippen LogP contribution in [0.15, 0.2) is 36.9 Å². The van der Waals surface area contributed by atoms with Crippen LogP contribution in [0.1, 0.15) is 62.2 Å². The third-order valence-corrected chi connectivity index (χ3v) is 4.19. The monoisotopic (exact) mass is 244 g/mol. The molecule has 98 valence electrons. The first-order valence-electron chi connectivity index (χ1n) is 7.19. The zero-order valence-electron chi connectivity index (χ0n) is 11.3. The molecule has 0 aromatic heterocycles. The maximum atomic E-state index is 10.5. The van der Waals surface area contributed by atoms with E-state index in [1.807, 2.05) is 12.1 Å². The quantitative estimate of drug-likeness (QED) is 0.573. The third-order valence-electron chi connectivity index (χ3n) is 4.19. The second-order valence-electron chi connectivity index (χ2n) is 5.35. The summed E-state index contributed by atoms with van der Waals surface area (Å²) < 4.78 is 0. The Labute approximate surface area is 111 Å². The first kappa shape index (κ1) is 13.4. The number of rotatable bonds is 6. The Morgan fingerprint density at radius 3 is 2.56 bits per heavy atom. The van der Waals surface area contributed by atoms with Crippen LogP contribution in [0.25, 0.3) is 0 Å². The van der Waals surface area contributed by atoms with Crippen molar-refractivity contribution in [1.82, 2.24) is 0 Å². The van der Waals surface area contributed by atoms with E-state index in [1.165, 1.54) is 31.2 Å². The average molecular weight is 244 g/mol. The molecular formula is C17H24O. The Hall–Kier alpha value is -1.08. The van der Waals surface area contributed by atoms with Crippen molar-refractivity contribution in [3.8, 4) is 0 Å². The molecule has 0 radical (unpaired) electrons. The Morgan fingerprint density at radius 1 is 1.17 bits per heavy atom. The molecule has 1 heteroatoms. The molecule has 2 rings (SSSR count). The van der Waals surface area contributed by atoms with Gasteiger partial charge in [-0.25, -0.2) is 0 Å². The number of fused-ring (bicyclic) bond motifs is 1. The highest BCUT2D eigenvalue weighted by atomic mass is 16.3. The van der Waals surface area contributed by atoms with Crippen LogP contribution in [-0.2, 0) is 0 Å². The lowest BCUT2D eigenvalue weighted by molar-refractivity contribution is 0.110. The molecule has 0 heterocycles. The standard InChI is InChI=1S/C17H24O/c1-3-5-6-7-11-15-13(4-2)14-10-8-9-12-16(14)17(15)18/h4,8-10,12-13,15,17-18H,2-3,5-7,11H2,1H3/t13-,15+,17-/m1/s1. The van der Waals surface area contributed by atoms with Crippen LogP contribution < -0.4 is 0 Å². The highest BCUT2D eigenvalue weighted by Gasteiger charge is 2.37. The van der Waals surface area contributed by atoms with Crippen molar-refractivity contribution in [2.75, 3.05) is 0 Å². The van der Waals surface area contributed by atoms with Gasteiger partial charge >= 0.3 is 0 Å². The molecule has 0 bridgehead atoms. The van der Waals surface area contributed by atoms with E-state index in [4.69, 9.17) is 0 Å². The predicted molar refractivity (Wildman–Crippen MR) is 76.6 cm³/mol. The number of aliphatic hydroxyl groups excluding tert-OH is 1. The minimum Gasteiger partial charge on any atom is -0.388 e. The Balaban J connectivity index is 2.06. The largest absolute Gasteiger partial charge is 0.388 e. The molecule has 0 fully saturated rings. The maximum absolute atomic E-state index is 10.5. The Kier molecular flexibility index (Phi) is 4.60. The second-order valence-corrected chi connectivity index (χ2v) is 5.35. The molecule has 1 aliphatic carbocycles. The molecule has 0 spiro atoms. The van der Waals surface area contributed by atoms with Crippen LogP contribution in [0.5, 0.6) is 0 Å². The summed E-state index contributed by atoms with van der Waals surface area (Å²) in [6, 6.07) is 8.27. The van der Waals surface area contributed by atoms with Crippen molar-refractivity contribution in [1.29, 1.82) is 0 Å². The van der Waals surface area contributed by atoms with E-state index >= 15 is 0 Å². The molecule has 0 amide bonds. The van der Waals surface area contributed by atoms with Crippen molar-refractivity contribution in [2.45, 2.75) is 51.0 Å². The van der Waals surface area contributed by atoms with Gasteiger partial charge in [0.15, 0.2) is 0 Å². The Morgan fingerprint density at radius 2 is 1.89 bits per heavy atom. The van der Waals surface area contributed by atoms with Gasteiger partial charge in [0, 0.05) is 5.92 Å². The third kappa shape index (κ3) is 2.51. The molecule has 18 heavy (non-hydrogen) atoms. The summed E-state index contributed by atoms with van der Waals surface area (Å²) in [7, 11) is 0. The van der Waals surface area contributed by atoms with Crippen LogP contribution in [0.2, 0.25) is 0 Å². The fraction of sp³-hybridized carbons (Fsp3) is 0.529. The fourth-order valence-corrected chi connectivity index (χ4v) is 3.19. The lowest BCUT2D eigenvalue weighted by Crippen LogP contribution is -2.10. The lowest BCUT2D eigenvalue weighted by Gasteiger charge is -2.20. The molecule has 0 unspecified atom stereocenters. The lowest BCUT2D eigenvalue weighted by atomic mass is 9.87. The predicted octanol–water partition coefficient (Wildman–Crippen LogP) is 4.59. The summed E-state index contributed by atoms with van der Waals surface area (Å²) in [6.45, 7) is 6.19. The van der Waals surface area contributed by atoms with Crippen molar-refractivity contribution in [3.63, 3.8) is 0 Å². The number of hydrogen-bond donors (Lipinski definition) is 1. The zero-order chi connectivity index (χ0) is 13.0. The molecule has 0 saturated carbocycles.